The number of hydrogen-bond donors (Lipinski definition) is 2. The Balaban J connectivity index is 2.03. The molecule has 0 unspecified atom stereocenters. The smallest absolute Gasteiger partial charge is 0.263 e. The topological polar surface area (TPSA) is 62.2 Å². The Morgan fingerprint density at radius 2 is 2.25 bits per heavy atom. The van der Waals surface area contributed by atoms with E-state index in [2.05, 4.69) is 22.1 Å². The van der Waals surface area contributed by atoms with Crippen LogP contribution in [0.3, 0.4) is 0 Å². The molecule has 0 spiro atoms. The number of hydrogen-bond acceptors (Lipinski definition) is 4. The minimum atomic E-state index is -0.134. The number of thiazole rings is 1. The zero-order chi connectivity index (χ0) is 14.2. The summed E-state index contributed by atoms with van der Waals surface area (Å²) in [6.07, 6.45) is 1.99. The molecule has 0 saturated carbocycles. The van der Waals surface area contributed by atoms with Crippen LogP contribution in [0.4, 0.5) is 0 Å². The highest BCUT2D eigenvalue weighted by atomic mass is 32.1. The molecule has 0 aliphatic carbocycles. The second-order valence-electron chi connectivity index (χ2n) is 3.98. The van der Waals surface area contributed by atoms with Crippen molar-refractivity contribution >= 4 is 17.2 Å². The largest absolute Gasteiger partial charge is 0.395 e. The fourth-order valence-electron chi connectivity index (χ4n) is 1.60. The van der Waals surface area contributed by atoms with Crippen LogP contribution in [-0.2, 0) is 6.54 Å². The zero-order valence-electron chi connectivity index (χ0n) is 10.8. The highest BCUT2D eigenvalue weighted by Crippen LogP contribution is 2.09. The van der Waals surface area contributed by atoms with Crippen LogP contribution in [0.25, 0.3) is 0 Å². The van der Waals surface area contributed by atoms with E-state index in [0.717, 1.165) is 11.1 Å². The normalized spacial score (nSPS) is 9.65. The van der Waals surface area contributed by atoms with Gasteiger partial charge in [-0.15, -0.1) is 11.3 Å². The molecular formula is C15H14N2O2S. The first kappa shape index (κ1) is 14.3. The molecule has 2 aromatic rings. The number of carbonyl (C=O) groups excluding carboxylic acids is 1. The molecule has 1 heterocycles. The first-order valence-electron chi connectivity index (χ1n) is 6.15. The summed E-state index contributed by atoms with van der Waals surface area (Å²) in [4.78, 5) is 16.3. The van der Waals surface area contributed by atoms with Gasteiger partial charge in [0.2, 0.25) is 0 Å². The molecule has 5 heteroatoms. The SMILES string of the molecule is O=C(NCc1ccccc1C#CCCO)c1cncs1. The van der Waals surface area contributed by atoms with Crippen molar-refractivity contribution in [3.05, 3.63) is 52.0 Å². The molecule has 0 bridgehead atoms. The highest BCUT2D eigenvalue weighted by Gasteiger charge is 2.07. The molecular weight excluding hydrogens is 272 g/mol. The number of aliphatic hydroxyl groups excluding tert-OH is 1. The van der Waals surface area contributed by atoms with Crippen molar-refractivity contribution in [3.63, 3.8) is 0 Å². The number of rotatable bonds is 4. The summed E-state index contributed by atoms with van der Waals surface area (Å²) in [7, 11) is 0. The van der Waals surface area contributed by atoms with Gasteiger partial charge in [-0.05, 0) is 11.6 Å². The van der Waals surface area contributed by atoms with Gasteiger partial charge < -0.3 is 10.4 Å². The molecule has 102 valence electrons. The molecule has 0 saturated heterocycles. The minimum absolute atomic E-state index is 0.0529. The summed E-state index contributed by atoms with van der Waals surface area (Å²) in [6.45, 7) is 0.470. The number of amides is 1. The molecule has 0 radical (unpaired) electrons. The third-order valence-corrected chi connectivity index (χ3v) is 3.34. The van der Waals surface area contributed by atoms with Gasteiger partial charge in [-0.1, -0.05) is 30.0 Å². The predicted octanol–water partition coefficient (Wildman–Crippen LogP) is 1.81. The van der Waals surface area contributed by atoms with Crippen molar-refractivity contribution in [2.45, 2.75) is 13.0 Å². The lowest BCUT2D eigenvalue weighted by atomic mass is 10.1. The molecule has 2 rings (SSSR count). The molecule has 1 aromatic heterocycles. The number of aromatic nitrogens is 1. The van der Waals surface area contributed by atoms with Crippen LogP contribution < -0.4 is 5.32 Å². The molecule has 4 nitrogen and oxygen atoms in total. The fourth-order valence-corrected chi connectivity index (χ4v) is 2.14. The van der Waals surface area contributed by atoms with Crippen LogP contribution in [0.2, 0.25) is 0 Å². The number of benzene rings is 1. The van der Waals surface area contributed by atoms with Gasteiger partial charge in [0, 0.05) is 18.5 Å². The maximum atomic E-state index is 11.8. The standard InChI is InChI=1S/C15H14N2O2S/c18-8-4-3-6-12-5-1-2-7-13(12)9-17-15(19)14-10-16-11-20-14/h1-2,5,7,10-11,18H,4,8-9H2,(H,17,19). The van der Waals surface area contributed by atoms with Crippen molar-refractivity contribution < 1.29 is 9.90 Å². The van der Waals surface area contributed by atoms with Gasteiger partial charge in [0.05, 0.1) is 18.3 Å². The first-order chi connectivity index (χ1) is 9.81. The van der Waals surface area contributed by atoms with E-state index in [1.165, 1.54) is 11.3 Å². The Bertz CT molecular complexity index is 627. The van der Waals surface area contributed by atoms with E-state index >= 15 is 0 Å². The quantitative estimate of drug-likeness (QED) is 0.843. The second kappa shape index (κ2) is 7.43. The Morgan fingerprint density at radius 3 is 3.00 bits per heavy atom. The number of nitrogens with zero attached hydrogens (tertiary/aromatic N) is 1. The van der Waals surface area contributed by atoms with E-state index in [-0.39, 0.29) is 12.5 Å². The third kappa shape index (κ3) is 3.92. The predicted molar refractivity (Wildman–Crippen MR) is 78.3 cm³/mol. The van der Waals surface area contributed by atoms with E-state index < -0.39 is 0 Å². The Kier molecular flexibility index (Phi) is 5.30. The van der Waals surface area contributed by atoms with Crippen LogP contribution in [0.15, 0.2) is 36.0 Å². The molecule has 1 amide bonds. The summed E-state index contributed by atoms with van der Waals surface area (Å²) in [5.74, 6) is 5.75. The van der Waals surface area contributed by atoms with Gasteiger partial charge >= 0.3 is 0 Å². The van der Waals surface area contributed by atoms with E-state index in [0.29, 0.717) is 17.8 Å². The van der Waals surface area contributed by atoms with Crippen molar-refractivity contribution in [2.24, 2.45) is 0 Å². The Labute approximate surface area is 121 Å². The third-order valence-electron chi connectivity index (χ3n) is 2.57. The van der Waals surface area contributed by atoms with E-state index in [1.54, 1.807) is 11.7 Å². The Hall–Kier alpha value is -2.16. The van der Waals surface area contributed by atoms with Crippen LogP contribution in [-0.4, -0.2) is 22.6 Å². The van der Waals surface area contributed by atoms with Crippen molar-refractivity contribution in [3.8, 4) is 11.8 Å². The number of aliphatic hydroxyl groups is 1. The maximum absolute atomic E-state index is 11.8. The van der Waals surface area contributed by atoms with Gasteiger partial charge in [-0.3, -0.25) is 9.78 Å². The van der Waals surface area contributed by atoms with Crippen LogP contribution >= 0.6 is 11.3 Å². The Morgan fingerprint density at radius 1 is 1.40 bits per heavy atom. The molecule has 0 atom stereocenters. The van der Waals surface area contributed by atoms with Crippen molar-refractivity contribution in [1.29, 1.82) is 0 Å². The summed E-state index contributed by atoms with van der Waals surface area (Å²) >= 11 is 1.31. The molecule has 0 fully saturated rings. The summed E-state index contributed by atoms with van der Waals surface area (Å²) in [5.41, 5.74) is 3.45. The van der Waals surface area contributed by atoms with Gasteiger partial charge in [0.15, 0.2) is 0 Å². The monoisotopic (exact) mass is 286 g/mol. The molecule has 1 aromatic carbocycles. The van der Waals surface area contributed by atoms with Gasteiger partial charge in [-0.2, -0.15) is 0 Å². The fraction of sp³-hybridized carbons (Fsp3) is 0.200. The average Bonchev–Trinajstić information content (AvgIpc) is 3.00. The van der Waals surface area contributed by atoms with Crippen molar-refractivity contribution in [1.82, 2.24) is 10.3 Å². The first-order valence-corrected chi connectivity index (χ1v) is 7.03. The van der Waals surface area contributed by atoms with Crippen LogP contribution in [0, 0.1) is 11.8 Å². The van der Waals surface area contributed by atoms with Crippen LogP contribution in [0.1, 0.15) is 27.2 Å². The molecule has 2 N–H and O–H groups in total. The molecule has 0 aliphatic rings. The lowest BCUT2D eigenvalue weighted by molar-refractivity contribution is 0.0954. The summed E-state index contributed by atoms with van der Waals surface area (Å²) < 4.78 is 0. The lowest BCUT2D eigenvalue weighted by Gasteiger charge is -2.06. The van der Waals surface area contributed by atoms with Crippen molar-refractivity contribution in [2.75, 3.05) is 6.61 Å². The summed E-state index contributed by atoms with van der Waals surface area (Å²) in [6, 6.07) is 7.64. The van der Waals surface area contributed by atoms with E-state index in [4.69, 9.17) is 5.11 Å². The lowest BCUT2D eigenvalue weighted by Crippen LogP contribution is -2.22. The average molecular weight is 286 g/mol. The van der Waals surface area contributed by atoms with E-state index in [1.807, 2.05) is 24.3 Å². The van der Waals surface area contributed by atoms with Gasteiger partial charge in [-0.25, -0.2) is 0 Å². The van der Waals surface area contributed by atoms with Crippen LogP contribution in [0.5, 0.6) is 0 Å². The maximum Gasteiger partial charge on any atom is 0.263 e. The van der Waals surface area contributed by atoms with Gasteiger partial charge in [0.1, 0.15) is 4.88 Å². The van der Waals surface area contributed by atoms with Gasteiger partial charge in [0.25, 0.3) is 5.91 Å². The zero-order valence-corrected chi connectivity index (χ0v) is 11.6. The molecule has 20 heavy (non-hydrogen) atoms. The minimum Gasteiger partial charge on any atom is -0.395 e. The number of carbonyl (C=O) groups is 1. The summed E-state index contributed by atoms with van der Waals surface area (Å²) in [5, 5.41) is 11.6. The number of nitrogens with one attached hydrogen (secondary N) is 1. The second-order valence-corrected chi connectivity index (χ2v) is 4.87. The molecule has 0 aliphatic heterocycles. The highest BCUT2D eigenvalue weighted by molar-refractivity contribution is 7.11. The van der Waals surface area contributed by atoms with E-state index in [9.17, 15) is 4.79 Å².